The quantitative estimate of drug-likeness (QED) is 0.551. The van der Waals surface area contributed by atoms with E-state index in [1.807, 2.05) is 43.3 Å². The Balaban J connectivity index is 1.82. The number of esters is 1. The standard InChI is InChI=1S/C26H26N2O4S/c1-17-15-18(2)22(19(3)16-17)33(30,31)28-23(20-11-7-5-8-12-20)26(4)25(29)32-24(27-26)21-13-9-6-10-14-21/h5-16,23,28H,1-4H3/t23-,26-/m1/s1. The topological polar surface area (TPSA) is 84.8 Å². The Morgan fingerprint density at radius 3 is 2.03 bits per heavy atom. The van der Waals surface area contributed by atoms with Gasteiger partial charge in [0.15, 0.2) is 5.54 Å². The second kappa shape index (κ2) is 8.57. The number of cyclic esters (lactones) is 1. The third-order valence-electron chi connectivity index (χ3n) is 5.80. The zero-order chi connectivity index (χ0) is 23.8. The van der Waals surface area contributed by atoms with Crippen molar-refractivity contribution >= 4 is 21.9 Å². The van der Waals surface area contributed by atoms with Gasteiger partial charge in [-0.2, -0.15) is 0 Å². The molecule has 3 aromatic rings. The van der Waals surface area contributed by atoms with Crippen LogP contribution in [-0.4, -0.2) is 25.8 Å². The first-order valence-corrected chi connectivity index (χ1v) is 12.1. The Bertz CT molecular complexity index is 1310. The Kier molecular flexibility index (Phi) is 5.95. The van der Waals surface area contributed by atoms with E-state index in [1.54, 1.807) is 57.2 Å². The normalized spacial score (nSPS) is 19.2. The maximum Gasteiger partial charge on any atom is 0.342 e. The molecule has 1 aliphatic heterocycles. The minimum atomic E-state index is -3.99. The number of carbonyl (C=O) groups is 1. The van der Waals surface area contributed by atoms with Gasteiger partial charge in [0.1, 0.15) is 0 Å². The third-order valence-corrected chi connectivity index (χ3v) is 7.53. The Morgan fingerprint density at radius 2 is 1.45 bits per heavy atom. The van der Waals surface area contributed by atoms with Crippen LogP contribution in [0.2, 0.25) is 0 Å². The molecule has 170 valence electrons. The molecule has 0 amide bonds. The minimum absolute atomic E-state index is 0.172. The second-order valence-corrected chi connectivity index (χ2v) is 10.2. The van der Waals surface area contributed by atoms with Gasteiger partial charge in [0.05, 0.1) is 10.9 Å². The summed E-state index contributed by atoms with van der Waals surface area (Å²) in [6.07, 6.45) is 0. The van der Waals surface area contributed by atoms with Crippen molar-refractivity contribution in [2.45, 2.75) is 44.2 Å². The molecule has 0 aromatic heterocycles. The molecule has 6 nitrogen and oxygen atoms in total. The summed E-state index contributed by atoms with van der Waals surface area (Å²) in [4.78, 5) is 17.9. The van der Waals surface area contributed by atoms with Gasteiger partial charge in [-0.25, -0.2) is 22.9 Å². The first-order chi connectivity index (χ1) is 15.6. The Labute approximate surface area is 194 Å². The van der Waals surface area contributed by atoms with Crippen molar-refractivity contribution < 1.29 is 17.9 Å². The fraction of sp³-hybridized carbons (Fsp3) is 0.231. The lowest BCUT2D eigenvalue weighted by Crippen LogP contribution is -2.46. The average Bonchev–Trinajstić information content (AvgIpc) is 3.08. The summed E-state index contributed by atoms with van der Waals surface area (Å²) < 4.78 is 35.5. The molecule has 0 radical (unpaired) electrons. The number of hydrogen-bond donors (Lipinski definition) is 1. The summed E-state index contributed by atoms with van der Waals surface area (Å²) in [5.41, 5.74) is 2.02. The highest BCUT2D eigenvalue weighted by Crippen LogP contribution is 2.37. The predicted molar refractivity (Wildman–Crippen MR) is 128 cm³/mol. The molecule has 0 saturated heterocycles. The van der Waals surface area contributed by atoms with Gasteiger partial charge in [0.25, 0.3) is 0 Å². The molecule has 2 atom stereocenters. The molecule has 3 aromatic carbocycles. The Hall–Kier alpha value is -3.29. The first kappa shape index (κ1) is 22.9. The molecule has 0 bridgehead atoms. The van der Waals surface area contributed by atoms with E-state index in [0.29, 0.717) is 22.3 Å². The molecule has 1 N–H and O–H groups in total. The van der Waals surface area contributed by atoms with Crippen LogP contribution in [0, 0.1) is 20.8 Å². The maximum atomic E-state index is 13.6. The van der Waals surface area contributed by atoms with Crippen LogP contribution < -0.4 is 4.72 Å². The van der Waals surface area contributed by atoms with Crippen molar-refractivity contribution in [2.75, 3.05) is 0 Å². The van der Waals surface area contributed by atoms with Gasteiger partial charge in [0, 0.05) is 5.56 Å². The molecule has 0 spiro atoms. The lowest BCUT2D eigenvalue weighted by molar-refractivity contribution is -0.139. The molecule has 1 heterocycles. The number of aliphatic imine (C=N–C) groups is 1. The first-order valence-electron chi connectivity index (χ1n) is 10.6. The molecule has 0 saturated carbocycles. The molecule has 1 aliphatic rings. The van der Waals surface area contributed by atoms with Crippen molar-refractivity contribution in [3.8, 4) is 0 Å². The van der Waals surface area contributed by atoms with Gasteiger partial charge in [-0.05, 0) is 56.5 Å². The molecular weight excluding hydrogens is 436 g/mol. The number of hydrogen-bond acceptors (Lipinski definition) is 5. The summed E-state index contributed by atoms with van der Waals surface area (Å²) in [7, 11) is -3.99. The molecule has 0 unspecified atom stereocenters. The molecule has 4 rings (SSSR count). The van der Waals surface area contributed by atoms with E-state index < -0.39 is 27.6 Å². The van der Waals surface area contributed by atoms with Gasteiger partial charge in [-0.15, -0.1) is 0 Å². The van der Waals surface area contributed by atoms with E-state index >= 15 is 0 Å². The van der Waals surface area contributed by atoms with Crippen molar-refractivity contribution in [1.29, 1.82) is 0 Å². The summed E-state index contributed by atoms with van der Waals surface area (Å²) in [5, 5.41) is 0. The van der Waals surface area contributed by atoms with Gasteiger partial charge in [-0.1, -0.05) is 66.2 Å². The van der Waals surface area contributed by atoms with Crippen LogP contribution in [0.3, 0.4) is 0 Å². The number of ether oxygens (including phenoxy) is 1. The van der Waals surface area contributed by atoms with Gasteiger partial charge >= 0.3 is 5.97 Å². The number of sulfonamides is 1. The molecule has 0 aliphatic carbocycles. The van der Waals surface area contributed by atoms with Crippen LogP contribution in [-0.2, 0) is 19.6 Å². The number of carbonyl (C=O) groups excluding carboxylic acids is 1. The van der Waals surface area contributed by atoms with E-state index in [2.05, 4.69) is 9.71 Å². The van der Waals surface area contributed by atoms with Gasteiger partial charge < -0.3 is 4.74 Å². The number of benzene rings is 3. The summed E-state index contributed by atoms with van der Waals surface area (Å²) in [6, 6.07) is 20.7. The van der Waals surface area contributed by atoms with Gasteiger partial charge in [0.2, 0.25) is 15.9 Å². The van der Waals surface area contributed by atoms with Crippen LogP contribution in [0.25, 0.3) is 0 Å². The van der Waals surface area contributed by atoms with Crippen LogP contribution in [0.1, 0.15) is 40.8 Å². The number of nitrogens with one attached hydrogen (secondary N) is 1. The van der Waals surface area contributed by atoms with Crippen molar-refractivity contribution in [1.82, 2.24) is 4.72 Å². The molecular formula is C26H26N2O4S. The van der Waals surface area contributed by atoms with E-state index in [0.717, 1.165) is 5.56 Å². The van der Waals surface area contributed by atoms with E-state index in [4.69, 9.17) is 4.74 Å². The van der Waals surface area contributed by atoms with Crippen LogP contribution in [0.4, 0.5) is 0 Å². The third kappa shape index (κ3) is 4.34. The fourth-order valence-electron chi connectivity index (χ4n) is 4.31. The summed E-state index contributed by atoms with van der Waals surface area (Å²) in [6.45, 7) is 7.05. The van der Waals surface area contributed by atoms with E-state index in [1.165, 1.54) is 0 Å². The van der Waals surface area contributed by atoms with Crippen molar-refractivity contribution in [2.24, 2.45) is 4.99 Å². The van der Waals surface area contributed by atoms with E-state index in [9.17, 15) is 13.2 Å². The molecule has 33 heavy (non-hydrogen) atoms. The highest BCUT2D eigenvalue weighted by Gasteiger charge is 2.50. The molecule has 7 heteroatoms. The number of nitrogens with zero attached hydrogens (tertiary/aromatic N) is 1. The fourth-order valence-corrected chi connectivity index (χ4v) is 6.07. The predicted octanol–water partition coefficient (Wildman–Crippen LogP) is 4.39. The highest BCUT2D eigenvalue weighted by atomic mass is 32.2. The number of rotatable bonds is 6. The minimum Gasteiger partial charge on any atom is -0.405 e. The van der Waals surface area contributed by atoms with Crippen LogP contribution >= 0.6 is 0 Å². The average molecular weight is 463 g/mol. The van der Waals surface area contributed by atoms with E-state index in [-0.39, 0.29) is 10.8 Å². The van der Waals surface area contributed by atoms with Crippen molar-refractivity contribution in [3.05, 3.63) is 101 Å². The SMILES string of the molecule is Cc1cc(C)c(S(=O)(=O)N[C@H](c2ccccc2)[C@@]2(C)N=C(c3ccccc3)OC2=O)c(C)c1. The van der Waals surface area contributed by atoms with Crippen molar-refractivity contribution in [3.63, 3.8) is 0 Å². The van der Waals surface area contributed by atoms with Crippen LogP contribution in [0.5, 0.6) is 0 Å². The van der Waals surface area contributed by atoms with Gasteiger partial charge in [-0.3, -0.25) is 0 Å². The zero-order valence-corrected chi connectivity index (χ0v) is 19.8. The van der Waals surface area contributed by atoms with Crippen LogP contribution in [0.15, 0.2) is 82.7 Å². The summed E-state index contributed by atoms with van der Waals surface area (Å²) >= 11 is 0. The highest BCUT2D eigenvalue weighted by molar-refractivity contribution is 7.89. The number of aryl methyl sites for hydroxylation is 3. The zero-order valence-electron chi connectivity index (χ0n) is 19.0. The molecule has 0 fully saturated rings. The largest absolute Gasteiger partial charge is 0.405 e. The lowest BCUT2D eigenvalue weighted by Gasteiger charge is -2.29. The Morgan fingerprint density at radius 1 is 0.909 bits per heavy atom. The maximum absolute atomic E-state index is 13.6. The smallest absolute Gasteiger partial charge is 0.342 e. The second-order valence-electron chi connectivity index (χ2n) is 8.51. The summed E-state index contributed by atoms with van der Waals surface area (Å²) in [5.74, 6) is -0.443. The lowest BCUT2D eigenvalue weighted by atomic mass is 9.88. The monoisotopic (exact) mass is 462 g/mol.